The first-order valence-electron chi connectivity index (χ1n) is 4.79. The van der Waals surface area contributed by atoms with Crippen LogP contribution in [0.25, 0.3) is 0 Å². The third-order valence-corrected chi connectivity index (χ3v) is 2.42. The minimum absolute atomic E-state index is 0.264. The summed E-state index contributed by atoms with van der Waals surface area (Å²) < 4.78 is 0. The van der Waals surface area contributed by atoms with E-state index in [0.29, 0.717) is 0 Å². The number of hydroxylamine groups is 2. The Bertz CT molecular complexity index is 260. The lowest BCUT2D eigenvalue weighted by Crippen LogP contribution is -2.28. The summed E-state index contributed by atoms with van der Waals surface area (Å²) in [6, 6.07) is 10.4. The standard InChI is InChI=1S/C11H15NO/c1-12-9-5-8-11(13-12)10-6-3-2-4-7-10/h2-4,6-7,11H,5,8-9H2,1H3. The minimum Gasteiger partial charge on any atom is -0.291 e. The maximum Gasteiger partial charge on any atom is 0.104 e. The summed E-state index contributed by atoms with van der Waals surface area (Å²) in [4.78, 5) is 5.71. The first-order valence-corrected chi connectivity index (χ1v) is 4.79. The molecule has 1 aliphatic heterocycles. The van der Waals surface area contributed by atoms with Crippen LogP contribution in [0.15, 0.2) is 30.3 Å². The second-order valence-electron chi connectivity index (χ2n) is 3.50. The lowest BCUT2D eigenvalue weighted by Gasteiger charge is -2.29. The van der Waals surface area contributed by atoms with Gasteiger partial charge in [-0.25, -0.2) is 0 Å². The van der Waals surface area contributed by atoms with Crippen molar-refractivity contribution in [1.82, 2.24) is 5.06 Å². The minimum atomic E-state index is 0.264. The molecule has 1 fully saturated rings. The summed E-state index contributed by atoms with van der Waals surface area (Å²) in [6.45, 7) is 1.04. The Balaban J connectivity index is 2.08. The summed E-state index contributed by atoms with van der Waals surface area (Å²) in [5, 5.41) is 1.93. The van der Waals surface area contributed by atoms with Crippen molar-refractivity contribution >= 4 is 0 Å². The van der Waals surface area contributed by atoms with Gasteiger partial charge in [0.25, 0.3) is 0 Å². The zero-order chi connectivity index (χ0) is 9.10. The van der Waals surface area contributed by atoms with Crippen LogP contribution in [0, 0.1) is 0 Å². The molecule has 1 saturated heterocycles. The summed E-state index contributed by atoms with van der Waals surface area (Å²) in [5.41, 5.74) is 1.29. The van der Waals surface area contributed by atoms with Crippen molar-refractivity contribution in [3.63, 3.8) is 0 Å². The highest BCUT2D eigenvalue weighted by molar-refractivity contribution is 5.17. The molecule has 0 radical (unpaired) electrons. The molecule has 0 aromatic heterocycles. The Morgan fingerprint density at radius 2 is 2.08 bits per heavy atom. The van der Waals surface area contributed by atoms with E-state index in [1.807, 2.05) is 18.2 Å². The van der Waals surface area contributed by atoms with Gasteiger partial charge in [-0.05, 0) is 18.4 Å². The molecule has 0 N–H and O–H groups in total. The van der Waals surface area contributed by atoms with Gasteiger partial charge in [-0.3, -0.25) is 4.84 Å². The highest BCUT2D eigenvalue weighted by Gasteiger charge is 2.18. The van der Waals surface area contributed by atoms with Crippen LogP contribution in [-0.2, 0) is 4.84 Å². The van der Waals surface area contributed by atoms with Gasteiger partial charge in [0.2, 0.25) is 0 Å². The Hall–Kier alpha value is -0.860. The summed E-state index contributed by atoms with van der Waals surface area (Å²) in [7, 11) is 2.00. The lowest BCUT2D eigenvalue weighted by molar-refractivity contribution is -0.208. The van der Waals surface area contributed by atoms with E-state index in [4.69, 9.17) is 4.84 Å². The molecular weight excluding hydrogens is 162 g/mol. The predicted octanol–water partition coefficient (Wildman–Crippen LogP) is 2.38. The maximum absolute atomic E-state index is 5.71. The molecule has 1 aliphatic rings. The zero-order valence-corrected chi connectivity index (χ0v) is 7.94. The molecule has 1 unspecified atom stereocenters. The van der Waals surface area contributed by atoms with Gasteiger partial charge in [-0.1, -0.05) is 30.3 Å². The van der Waals surface area contributed by atoms with Crippen LogP contribution in [0.4, 0.5) is 0 Å². The molecule has 0 spiro atoms. The second kappa shape index (κ2) is 3.90. The topological polar surface area (TPSA) is 12.5 Å². The van der Waals surface area contributed by atoms with Crippen molar-refractivity contribution < 1.29 is 4.84 Å². The lowest BCUT2D eigenvalue weighted by atomic mass is 10.0. The van der Waals surface area contributed by atoms with Gasteiger partial charge in [0.15, 0.2) is 0 Å². The van der Waals surface area contributed by atoms with Gasteiger partial charge in [-0.15, -0.1) is 0 Å². The van der Waals surface area contributed by atoms with E-state index < -0.39 is 0 Å². The fourth-order valence-electron chi connectivity index (χ4n) is 1.72. The SMILES string of the molecule is CN1CCCC(c2ccccc2)O1. The Morgan fingerprint density at radius 3 is 2.77 bits per heavy atom. The van der Waals surface area contributed by atoms with E-state index in [1.165, 1.54) is 12.0 Å². The molecule has 0 bridgehead atoms. The van der Waals surface area contributed by atoms with Gasteiger partial charge < -0.3 is 0 Å². The van der Waals surface area contributed by atoms with E-state index in [9.17, 15) is 0 Å². The van der Waals surface area contributed by atoms with Crippen LogP contribution in [-0.4, -0.2) is 18.7 Å². The fraction of sp³-hybridized carbons (Fsp3) is 0.455. The number of nitrogens with zero attached hydrogens (tertiary/aromatic N) is 1. The molecule has 70 valence electrons. The van der Waals surface area contributed by atoms with Crippen LogP contribution in [0.2, 0.25) is 0 Å². The summed E-state index contributed by atoms with van der Waals surface area (Å²) >= 11 is 0. The highest BCUT2D eigenvalue weighted by atomic mass is 16.7. The average molecular weight is 177 g/mol. The molecule has 0 amide bonds. The molecule has 1 aromatic carbocycles. The van der Waals surface area contributed by atoms with Crippen molar-refractivity contribution in [1.29, 1.82) is 0 Å². The fourth-order valence-corrected chi connectivity index (χ4v) is 1.72. The smallest absolute Gasteiger partial charge is 0.104 e. The van der Waals surface area contributed by atoms with Crippen LogP contribution in [0.3, 0.4) is 0 Å². The second-order valence-corrected chi connectivity index (χ2v) is 3.50. The molecule has 1 aromatic rings. The summed E-state index contributed by atoms with van der Waals surface area (Å²) in [6.07, 6.45) is 2.62. The zero-order valence-electron chi connectivity index (χ0n) is 7.94. The quantitative estimate of drug-likeness (QED) is 0.653. The molecule has 0 aliphatic carbocycles. The number of hydrogen-bond acceptors (Lipinski definition) is 2. The molecule has 0 saturated carbocycles. The molecule has 1 heterocycles. The average Bonchev–Trinajstić information content (AvgIpc) is 2.19. The van der Waals surface area contributed by atoms with Crippen molar-refractivity contribution in [2.24, 2.45) is 0 Å². The first kappa shape index (κ1) is 8.73. The Morgan fingerprint density at radius 1 is 1.31 bits per heavy atom. The maximum atomic E-state index is 5.71. The van der Waals surface area contributed by atoms with Crippen molar-refractivity contribution in [3.05, 3.63) is 35.9 Å². The first-order chi connectivity index (χ1) is 6.36. The summed E-state index contributed by atoms with van der Waals surface area (Å²) in [5.74, 6) is 0. The Kier molecular flexibility index (Phi) is 2.62. The van der Waals surface area contributed by atoms with E-state index in [2.05, 4.69) is 24.3 Å². The highest BCUT2D eigenvalue weighted by Crippen LogP contribution is 2.26. The van der Waals surface area contributed by atoms with E-state index >= 15 is 0 Å². The van der Waals surface area contributed by atoms with Crippen LogP contribution < -0.4 is 0 Å². The van der Waals surface area contributed by atoms with Crippen LogP contribution in [0.1, 0.15) is 24.5 Å². The van der Waals surface area contributed by atoms with Gasteiger partial charge in [0, 0.05) is 13.6 Å². The predicted molar refractivity (Wildman–Crippen MR) is 52.1 cm³/mol. The van der Waals surface area contributed by atoms with E-state index in [0.717, 1.165) is 13.0 Å². The Labute approximate surface area is 79.1 Å². The van der Waals surface area contributed by atoms with Gasteiger partial charge >= 0.3 is 0 Å². The van der Waals surface area contributed by atoms with Gasteiger partial charge in [0.1, 0.15) is 6.10 Å². The number of rotatable bonds is 1. The van der Waals surface area contributed by atoms with E-state index in [1.54, 1.807) is 0 Å². The molecule has 1 atom stereocenters. The van der Waals surface area contributed by atoms with Crippen LogP contribution in [0.5, 0.6) is 0 Å². The molecule has 2 heteroatoms. The normalized spacial score (nSPS) is 24.5. The van der Waals surface area contributed by atoms with Gasteiger partial charge in [-0.2, -0.15) is 5.06 Å². The monoisotopic (exact) mass is 177 g/mol. The third-order valence-electron chi connectivity index (χ3n) is 2.42. The molecule has 2 rings (SSSR count). The van der Waals surface area contributed by atoms with Crippen LogP contribution >= 0.6 is 0 Å². The van der Waals surface area contributed by atoms with Gasteiger partial charge in [0.05, 0.1) is 0 Å². The number of hydrogen-bond donors (Lipinski definition) is 0. The third kappa shape index (κ3) is 2.08. The number of benzene rings is 1. The van der Waals surface area contributed by atoms with E-state index in [-0.39, 0.29) is 6.10 Å². The van der Waals surface area contributed by atoms with Crippen molar-refractivity contribution in [2.75, 3.05) is 13.6 Å². The van der Waals surface area contributed by atoms with Crippen molar-refractivity contribution in [2.45, 2.75) is 18.9 Å². The molecule has 2 nitrogen and oxygen atoms in total. The largest absolute Gasteiger partial charge is 0.291 e. The van der Waals surface area contributed by atoms with Crippen molar-refractivity contribution in [3.8, 4) is 0 Å². The molecular formula is C11H15NO. The molecule has 13 heavy (non-hydrogen) atoms.